The fourth-order valence-electron chi connectivity index (χ4n) is 1.89. The molecule has 106 valence electrons. The lowest BCUT2D eigenvalue weighted by atomic mass is 9.99. The zero-order valence-electron chi connectivity index (χ0n) is 11.6. The Balaban J connectivity index is 2.18. The van der Waals surface area contributed by atoms with Gasteiger partial charge < -0.3 is 9.84 Å². The Morgan fingerprint density at radius 3 is 2.60 bits per heavy atom. The van der Waals surface area contributed by atoms with Crippen LogP contribution >= 0.6 is 15.9 Å². The molecule has 2 aromatic rings. The molecule has 1 heterocycles. The normalized spacial score (nSPS) is 12.2. The summed E-state index contributed by atoms with van der Waals surface area (Å²) in [4.78, 5) is 4.19. The molecular weight excluding hydrogens is 318 g/mol. The van der Waals surface area contributed by atoms with Crippen molar-refractivity contribution in [2.75, 3.05) is 0 Å². The summed E-state index contributed by atoms with van der Waals surface area (Å²) in [6, 6.07) is 9.82. The minimum Gasteiger partial charge on any atom is -0.439 e. The Labute approximate surface area is 127 Å². The average molecular weight is 336 g/mol. The van der Waals surface area contributed by atoms with Crippen LogP contribution < -0.4 is 4.74 Å². The molecule has 0 aliphatic rings. The Kier molecular flexibility index (Phi) is 5.15. The molecule has 0 saturated carbocycles. The molecule has 0 amide bonds. The summed E-state index contributed by atoms with van der Waals surface area (Å²) in [5, 5.41) is 9.33. The van der Waals surface area contributed by atoms with Crippen LogP contribution in [0.4, 0.5) is 0 Å². The average Bonchev–Trinajstić information content (AvgIpc) is 2.49. The summed E-state index contributed by atoms with van der Waals surface area (Å²) in [5.41, 5.74) is 1.95. The number of aliphatic hydroxyl groups is 1. The molecule has 3 nitrogen and oxygen atoms in total. The smallest absolute Gasteiger partial charge is 0.224 e. The maximum atomic E-state index is 9.33. The first-order valence-corrected chi connectivity index (χ1v) is 7.46. The molecule has 1 unspecified atom stereocenters. The third-order valence-electron chi connectivity index (χ3n) is 3.34. The molecule has 0 spiro atoms. The molecule has 4 heteroatoms. The number of hydrogen-bond acceptors (Lipinski definition) is 3. The van der Waals surface area contributed by atoms with E-state index in [0.29, 0.717) is 17.4 Å². The van der Waals surface area contributed by atoms with E-state index in [1.807, 2.05) is 12.1 Å². The molecular formula is C16H18BrNO2. The minimum absolute atomic E-state index is 0.104. The van der Waals surface area contributed by atoms with Gasteiger partial charge in [0.05, 0.1) is 6.61 Å². The predicted octanol–water partition coefficient (Wildman–Crippen LogP) is 4.64. The van der Waals surface area contributed by atoms with Crippen molar-refractivity contribution in [2.24, 2.45) is 0 Å². The largest absolute Gasteiger partial charge is 0.439 e. The number of rotatable bonds is 5. The first kappa shape index (κ1) is 15.0. The van der Waals surface area contributed by atoms with Gasteiger partial charge in [0.15, 0.2) is 0 Å². The van der Waals surface area contributed by atoms with Gasteiger partial charge in [-0.1, -0.05) is 26.0 Å². The topological polar surface area (TPSA) is 42.4 Å². The Morgan fingerprint density at radius 1 is 1.30 bits per heavy atom. The summed E-state index contributed by atoms with van der Waals surface area (Å²) in [7, 11) is 0. The van der Waals surface area contributed by atoms with Crippen LogP contribution in [0.1, 0.15) is 37.3 Å². The summed E-state index contributed by atoms with van der Waals surface area (Å²) in [6.07, 6.45) is 2.77. The van der Waals surface area contributed by atoms with Crippen LogP contribution in [0.25, 0.3) is 0 Å². The molecule has 2 rings (SSSR count). The van der Waals surface area contributed by atoms with Crippen molar-refractivity contribution in [3.8, 4) is 11.6 Å². The monoisotopic (exact) mass is 335 g/mol. The number of aromatic nitrogens is 1. The third-order valence-corrected chi connectivity index (χ3v) is 3.77. The van der Waals surface area contributed by atoms with Crippen LogP contribution in [0.3, 0.4) is 0 Å². The molecule has 0 saturated heterocycles. The number of hydrogen-bond donors (Lipinski definition) is 1. The van der Waals surface area contributed by atoms with E-state index in [0.717, 1.165) is 16.6 Å². The Hall–Kier alpha value is -1.39. The van der Waals surface area contributed by atoms with Gasteiger partial charge in [-0.25, -0.2) is 4.98 Å². The fraction of sp³-hybridized carbons (Fsp3) is 0.312. The van der Waals surface area contributed by atoms with E-state index >= 15 is 0 Å². The SMILES string of the molecule is CCC(C)c1ccc(Oc2ncc(Br)cc2CO)cc1. The summed E-state index contributed by atoms with van der Waals surface area (Å²) < 4.78 is 6.55. The van der Waals surface area contributed by atoms with Gasteiger partial charge in [0.25, 0.3) is 0 Å². The van der Waals surface area contributed by atoms with Gasteiger partial charge in [-0.15, -0.1) is 0 Å². The summed E-state index contributed by atoms with van der Waals surface area (Å²) in [5.74, 6) is 1.71. The Bertz CT molecular complexity index is 569. The number of nitrogens with zero attached hydrogens (tertiary/aromatic N) is 1. The van der Waals surface area contributed by atoms with Crippen LogP contribution in [0, 0.1) is 0 Å². The maximum absolute atomic E-state index is 9.33. The highest BCUT2D eigenvalue weighted by Gasteiger charge is 2.08. The molecule has 1 aromatic carbocycles. The van der Waals surface area contributed by atoms with Crippen molar-refractivity contribution >= 4 is 15.9 Å². The van der Waals surface area contributed by atoms with Crippen LogP contribution in [-0.4, -0.2) is 10.1 Å². The van der Waals surface area contributed by atoms with Gasteiger partial charge in [0, 0.05) is 16.2 Å². The lowest BCUT2D eigenvalue weighted by Gasteiger charge is -2.11. The highest BCUT2D eigenvalue weighted by atomic mass is 79.9. The van der Waals surface area contributed by atoms with Crippen molar-refractivity contribution in [2.45, 2.75) is 32.8 Å². The van der Waals surface area contributed by atoms with Gasteiger partial charge in [0.1, 0.15) is 5.75 Å². The van der Waals surface area contributed by atoms with Crippen LogP contribution in [0.15, 0.2) is 41.0 Å². The Morgan fingerprint density at radius 2 is 2.00 bits per heavy atom. The standard InChI is InChI=1S/C16H18BrNO2/c1-3-11(2)12-4-6-15(7-5-12)20-16-13(10-19)8-14(17)9-18-16/h4-9,11,19H,3,10H2,1-2H3. The molecule has 0 aliphatic heterocycles. The zero-order valence-corrected chi connectivity index (χ0v) is 13.2. The predicted molar refractivity (Wildman–Crippen MR) is 83.1 cm³/mol. The zero-order chi connectivity index (χ0) is 14.5. The second-order valence-electron chi connectivity index (χ2n) is 4.76. The highest BCUT2D eigenvalue weighted by Crippen LogP contribution is 2.27. The number of pyridine rings is 1. The summed E-state index contributed by atoms with van der Waals surface area (Å²) in [6.45, 7) is 4.27. The number of benzene rings is 1. The maximum Gasteiger partial charge on any atom is 0.224 e. The van der Waals surface area contributed by atoms with Gasteiger partial charge in [-0.05, 0) is 52.0 Å². The van der Waals surface area contributed by atoms with E-state index in [2.05, 4.69) is 46.9 Å². The van der Waals surface area contributed by atoms with E-state index in [-0.39, 0.29) is 6.61 Å². The van der Waals surface area contributed by atoms with Gasteiger partial charge in [0.2, 0.25) is 5.88 Å². The van der Waals surface area contributed by atoms with Crippen LogP contribution in [0.5, 0.6) is 11.6 Å². The first-order valence-electron chi connectivity index (χ1n) is 6.67. The van der Waals surface area contributed by atoms with Crippen molar-refractivity contribution in [3.05, 3.63) is 52.1 Å². The van der Waals surface area contributed by atoms with Gasteiger partial charge >= 0.3 is 0 Å². The van der Waals surface area contributed by atoms with Crippen molar-refractivity contribution in [3.63, 3.8) is 0 Å². The fourth-order valence-corrected chi connectivity index (χ4v) is 2.26. The second-order valence-corrected chi connectivity index (χ2v) is 5.67. The van der Waals surface area contributed by atoms with Crippen LogP contribution in [-0.2, 0) is 6.61 Å². The molecule has 1 aromatic heterocycles. The third kappa shape index (κ3) is 3.58. The molecule has 1 atom stereocenters. The minimum atomic E-state index is -0.104. The molecule has 0 radical (unpaired) electrons. The molecule has 0 fully saturated rings. The van der Waals surface area contributed by atoms with E-state index in [9.17, 15) is 5.11 Å². The van der Waals surface area contributed by atoms with E-state index in [1.54, 1.807) is 12.3 Å². The van der Waals surface area contributed by atoms with E-state index < -0.39 is 0 Å². The molecule has 0 aliphatic carbocycles. The lowest BCUT2D eigenvalue weighted by Crippen LogP contribution is -1.96. The second kappa shape index (κ2) is 6.86. The lowest BCUT2D eigenvalue weighted by molar-refractivity contribution is 0.275. The summed E-state index contributed by atoms with van der Waals surface area (Å²) >= 11 is 3.33. The van der Waals surface area contributed by atoms with E-state index in [1.165, 1.54) is 5.56 Å². The van der Waals surface area contributed by atoms with Crippen molar-refractivity contribution in [1.82, 2.24) is 4.98 Å². The number of aliphatic hydroxyl groups excluding tert-OH is 1. The van der Waals surface area contributed by atoms with Crippen LogP contribution in [0.2, 0.25) is 0 Å². The van der Waals surface area contributed by atoms with E-state index in [4.69, 9.17) is 4.74 Å². The molecule has 1 N–H and O–H groups in total. The van der Waals surface area contributed by atoms with Crippen molar-refractivity contribution < 1.29 is 9.84 Å². The number of ether oxygens (including phenoxy) is 1. The molecule has 0 bridgehead atoms. The number of halogens is 1. The van der Waals surface area contributed by atoms with Crippen molar-refractivity contribution in [1.29, 1.82) is 0 Å². The quantitative estimate of drug-likeness (QED) is 0.865. The first-order chi connectivity index (χ1) is 9.63. The van der Waals surface area contributed by atoms with Gasteiger partial charge in [-0.2, -0.15) is 0 Å². The van der Waals surface area contributed by atoms with Gasteiger partial charge in [-0.3, -0.25) is 0 Å². The highest BCUT2D eigenvalue weighted by molar-refractivity contribution is 9.10. The molecule has 20 heavy (non-hydrogen) atoms.